The van der Waals surface area contributed by atoms with Gasteiger partial charge in [-0.3, -0.25) is 4.79 Å². The normalized spacial score (nSPS) is 19.8. The third kappa shape index (κ3) is 5.11. The summed E-state index contributed by atoms with van der Waals surface area (Å²) in [5.74, 6) is 0.355. The number of nitrogens with one attached hydrogen (secondary N) is 2. The highest BCUT2D eigenvalue weighted by Crippen LogP contribution is 2.24. The van der Waals surface area contributed by atoms with Crippen LogP contribution in [0.3, 0.4) is 0 Å². The van der Waals surface area contributed by atoms with Crippen LogP contribution in [0.5, 0.6) is 0 Å². The van der Waals surface area contributed by atoms with E-state index in [0.29, 0.717) is 30.3 Å². The number of anilines is 1. The molecule has 1 aromatic carbocycles. The van der Waals surface area contributed by atoms with Crippen LogP contribution in [0, 0.1) is 5.92 Å². The zero-order valence-corrected chi connectivity index (χ0v) is 15.2. The topological polar surface area (TPSA) is 87.5 Å². The first-order chi connectivity index (χ1) is 10.9. The number of likely N-dealkylation sites (tertiary alicyclic amines) is 1. The lowest BCUT2D eigenvalue weighted by Crippen LogP contribution is -2.35. The van der Waals surface area contributed by atoms with E-state index in [1.807, 2.05) is 25.7 Å². The van der Waals surface area contributed by atoms with Gasteiger partial charge in [0, 0.05) is 29.9 Å². The molecular formula is C17H27ClN4O2. The van der Waals surface area contributed by atoms with E-state index in [0.717, 1.165) is 6.42 Å². The Morgan fingerprint density at radius 3 is 2.67 bits per heavy atom. The van der Waals surface area contributed by atoms with Gasteiger partial charge in [0.1, 0.15) is 0 Å². The van der Waals surface area contributed by atoms with Crippen LogP contribution in [-0.4, -0.2) is 42.0 Å². The molecule has 24 heavy (non-hydrogen) atoms. The van der Waals surface area contributed by atoms with Crippen molar-refractivity contribution in [1.29, 1.82) is 0 Å². The van der Waals surface area contributed by atoms with Crippen molar-refractivity contribution in [3.05, 3.63) is 29.8 Å². The standard InChI is InChI=1S/C17H26N4O2.ClH/c1-11(2)19-17(23)20-15-6-4-5-14(8-15)16(22)21-10-13(9-18)7-12(21)3;/h4-6,8,11-13H,7,9-10,18H2,1-3H3,(H2,19,20,23);1H. The lowest BCUT2D eigenvalue weighted by Gasteiger charge is -2.22. The number of hydrogen-bond donors (Lipinski definition) is 3. The molecular weight excluding hydrogens is 328 g/mol. The minimum atomic E-state index is -0.276. The molecule has 0 saturated carbocycles. The summed E-state index contributed by atoms with van der Waals surface area (Å²) in [5.41, 5.74) is 6.91. The van der Waals surface area contributed by atoms with Crippen LogP contribution in [0.2, 0.25) is 0 Å². The molecule has 0 radical (unpaired) electrons. The van der Waals surface area contributed by atoms with Gasteiger partial charge in [0.25, 0.3) is 5.91 Å². The van der Waals surface area contributed by atoms with Gasteiger partial charge < -0.3 is 21.3 Å². The zero-order valence-electron chi connectivity index (χ0n) is 14.4. The van der Waals surface area contributed by atoms with Crippen molar-refractivity contribution in [3.8, 4) is 0 Å². The molecule has 0 spiro atoms. The number of nitrogens with two attached hydrogens (primary N) is 1. The number of amides is 3. The molecule has 0 bridgehead atoms. The fourth-order valence-corrected chi connectivity index (χ4v) is 2.92. The summed E-state index contributed by atoms with van der Waals surface area (Å²) >= 11 is 0. The number of urea groups is 1. The van der Waals surface area contributed by atoms with Gasteiger partial charge in [0.05, 0.1) is 0 Å². The minimum absolute atomic E-state index is 0. The van der Waals surface area contributed by atoms with Gasteiger partial charge in [0.2, 0.25) is 0 Å². The first-order valence-corrected chi connectivity index (χ1v) is 8.09. The molecule has 0 aromatic heterocycles. The summed E-state index contributed by atoms with van der Waals surface area (Å²) in [6.07, 6.45) is 0.941. The van der Waals surface area contributed by atoms with Gasteiger partial charge in [-0.2, -0.15) is 0 Å². The quantitative estimate of drug-likeness (QED) is 0.776. The SMILES string of the molecule is CC(C)NC(=O)Nc1cccc(C(=O)N2CC(CN)CC2C)c1.Cl. The molecule has 2 unspecified atom stereocenters. The Kier molecular flexibility index (Phi) is 7.51. The molecule has 2 atom stereocenters. The molecule has 1 aliphatic rings. The Morgan fingerprint density at radius 2 is 2.08 bits per heavy atom. The van der Waals surface area contributed by atoms with Gasteiger partial charge >= 0.3 is 6.03 Å². The molecule has 1 heterocycles. The van der Waals surface area contributed by atoms with Crippen LogP contribution in [0.25, 0.3) is 0 Å². The van der Waals surface area contributed by atoms with E-state index in [-0.39, 0.29) is 36.4 Å². The third-order valence-electron chi connectivity index (χ3n) is 4.04. The van der Waals surface area contributed by atoms with Crippen LogP contribution >= 0.6 is 12.4 Å². The summed E-state index contributed by atoms with van der Waals surface area (Å²) in [6, 6.07) is 7.01. The van der Waals surface area contributed by atoms with Crippen molar-refractivity contribution in [3.63, 3.8) is 0 Å². The van der Waals surface area contributed by atoms with Crippen molar-refractivity contribution in [2.75, 3.05) is 18.4 Å². The summed E-state index contributed by atoms with van der Waals surface area (Å²) in [5, 5.41) is 5.51. The van der Waals surface area contributed by atoms with Crippen LogP contribution in [0.15, 0.2) is 24.3 Å². The molecule has 1 saturated heterocycles. The van der Waals surface area contributed by atoms with Crippen LogP contribution in [0.4, 0.5) is 10.5 Å². The molecule has 7 heteroatoms. The van der Waals surface area contributed by atoms with Gasteiger partial charge in [-0.25, -0.2) is 4.79 Å². The first-order valence-electron chi connectivity index (χ1n) is 8.09. The van der Waals surface area contributed by atoms with Crippen LogP contribution in [0.1, 0.15) is 37.6 Å². The predicted molar refractivity (Wildman–Crippen MR) is 98.6 cm³/mol. The maximum atomic E-state index is 12.7. The molecule has 0 aliphatic carbocycles. The average molecular weight is 355 g/mol. The maximum absolute atomic E-state index is 12.7. The summed E-state index contributed by atoms with van der Waals surface area (Å²) in [7, 11) is 0. The van der Waals surface area contributed by atoms with E-state index >= 15 is 0 Å². The van der Waals surface area contributed by atoms with E-state index in [9.17, 15) is 9.59 Å². The summed E-state index contributed by atoms with van der Waals surface area (Å²) in [4.78, 5) is 26.3. The summed E-state index contributed by atoms with van der Waals surface area (Å²) < 4.78 is 0. The van der Waals surface area contributed by atoms with Crippen molar-refractivity contribution in [2.24, 2.45) is 11.7 Å². The first kappa shape index (κ1) is 20.3. The number of halogens is 1. The van der Waals surface area contributed by atoms with Crippen molar-refractivity contribution in [1.82, 2.24) is 10.2 Å². The third-order valence-corrected chi connectivity index (χ3v) is 4.04. The number of nitrogens with zero attached hydrogens (tertiary/aromatic N) is 1. The molecule has 1 aromatic rings. The molecule has 1 fully saturated rings. The van der Waals surface area contributed by atoms with E-state index in [4.69, 9.17) is 5.73 Å². The molecule has 4 N–H and O–H groups in total. The number of hydrogen-bond acceptors (Lipinski definition) is 3. The summed E-state index contributed by atoms with van der Waals surface area (Å²) in [6.45, 7) is 7.13. The Morgan fingerprint density at radius 1 is 1.38 bits per heavy atom. The van der Waals surface area contributed by atoms with Crippen molar-refractivity contribution in [2.45, 2.75) is 39.3 Å². The minimum Gasteiger partial charge on any atom is -0.336 e. The highest BCUT2D eigenvalue weighted by atomic mass is 35.5. The monoisotopic (exact) mass is 354 g/mol. The van der Waals surface area contributed by atoms with Gasteiger partial charge in [-0.1, -0.05) is 6.07 Å². The second kappa shape index (κ2) is 8.89. The van der Waals surface area contributed by atoms with E-state index in [1.54, 1.807) is 24.3 Å². The highest BCUT2D eigenvalue weighted by Gasteiger charge is 2.32. The number of rotatable bonds is 4. The van der Waals surface area contributed by atoms with E-state index in [2.05, 4.69) is 10.6 Å². The van der Waals surface area contributed by atoms with Gasteiger partial charge in [-0.15, -0.1) is 12.4 Å². The Hall–Kier alpha value is -1.79. The second-order valence-electron chi connectivity index (χ2n) is 6.48. The molecule has 3 amide bonds. The molecule has 6 nitrogen and oxygen atoms in total. The largest absolute Gasteiger partial charge is 0.336 e. The Bertz CT molecular complexity index is 579. The Balaban J connectivity index is 0.00000288. The van der Waals surface area contributed by atoms with E-state index < -0.39 is 0 Å². The van der Waals surface area contributed by atoms with Crippen LogP contribution < -0.4 is 16.4 Å². The molecule has 1 aliphatic heterocycles. The van der Waals surface area contributed by atoms with Gasteiger partial charge in [0.15, 0.2) is 0 Å². The number of benzene rings is 1. The second-order valence-corrected chi connectivity index (χ2v) is 6.48. The fourth-order valence-electron chi connectivity index (χ4n) is 2.92. The maximum Gasteiger partial charge on any atom is 0.319 e. The number of carbonyl (C=O) groups is 2. The smallest absolute Gasteiger partial charge is 0.319 e. The lowest BCUT2D eigenvalue weighted by molar-refractivity contribution is 0.0743. The van der Waals surface area contributed by atoms with Crippen molar-refractivity contribution >= 4 is 30.0 Å². The Labute approximate surface area is 149 Å². The lowest BCUT2D eigenvalue weighted by atomic mass is 10.1. The van der Waals surface area contributed by atoms with Crippen LogP contribution in [-0.2, 0) is 0 Å². The number of carbonyl (C=O) groups excluding carboxylic acids is 2. The van der Waals surface area contributed by atoms with Crippen molar-refractivity contribution < 1.29 is 9.59 Å². The fraction of sp³-hybridized carbons (Fsp3) is 0.529. The van der Waals surface area contributed by atoms with Gasteiger partial charge in [-0.05, 0) is 57.9 Å². The highest BCUT2D eigenvalue weighted by molar-refractivity contribution is 5.97. The van der Waals surface area contributed by atoms with E-state index in [1.165, 1.54) is 0 Å². The molecule has 134 valence electrons. The average Bonchev–Trinajstić information content (AvgIpc) is 2.87. The predicted octanol–water partition coefficient (Wildman–Crippen LogP) is 2.45. The zero-order chi connectivity index (χ0) is 17.0. The molecule has 2 rings (SSSR count).